The van der Waals surface area contributed by atoms with E-state index in [9.17, 15) is 17.6 Å². The Morgan fingerprint density at radius 2 is 1.53 bits per heavy atom. The molecule has 1 aliphatic carbocycles. The minimum absolute atomic E-state index is 0.102. The van der Waals surface area contributed by atoms with Crippen molar-refractivity contribution < 1.29 is 40.7 Å². The molecule has 0 radical (unpaired) electrons. The number of Topliss-reactive ketones (excluding diaryl/α,β-unsaturated/α-hetero) is 1. The zero-order valence-corrected chi connectivity index (χ0v) is 30.6. The number of ketones is 1. The number of furan rings is 1. The van der Waals surface area contributed by atoms with Crippen LogP contribution in [-0.4, -0.2) is 81.6 Å². The number of carbonyl (C=O) groups is 1. The highest BCUT2D eigenvalue weighted by Crippen LogP contribution is 2.48. The summed E-state index contributed by atoms with van der Waals surface area (Å²) in [4.78, 5) is 13.1. The van der Waals surface area contributed by atoms with Crippen LogP contribution in [0.15, 0.2) is 40.8 Å². The average molecular weight is 692 g/mol. The molecule has 0 atom stereocenters. The van der Waals surface area contributed by atoms with Crippen LogP contribution < -0.4 is 4.31 Å². The molecule has 47 heavy (non-hydrogen) atoms. The first-order valence-electron chi connectivity index (χ1n) is 16.4. The van der Waals surface area contributed by atoms with E-state index in [4.69, 9.17) is 23.1 Å². The fourth-order valence-electron chi connectivity index (χ4n) is 5.07. The van der Waals surface area contributed by atoms with Gasteiger partial charge in [-0.2, -0.15) is 0 Å². The summed E-state index contributed by atoms with van der Waals surface area (Å²) in [6.45, 7) is 15.7. The van der Waals surface area contributed by atoms with Crippen molar-refractivity contribution in [1.29, 1.82) is 0 Å². The van der Waals surface area contributed by atoms with Crippen molar-refractivity contribution in [2.45, 2.75) is 71.0 Å². The molecule has 0 bridgehead atoms. The second kappa shape index (κ2) is 15.7. The number of carbonyl (C=O) groups excluding carboxylic acids is 1. The Morgan fingerprint density at radius 3 is 2.06 bits per heavy atom. The van der Waals surface area contributed by atoms with Crippen molar-refractivity contribution >= 4 is 40.8 Å². The topological polar surface area (TPSA) is 105 Å². The van der Waals surface area contributed by atoms with Crippen molar-refractivity contribution in [2.24, 2.45) is 0 Å². The average Bonchev–Trinajstić information content (AvgIpc) is 3.78. The van der Waals surface area contributed by atoms with E-state index < -0.39 is 24.2 Å². The highest BCUT2D eigenvalue weighted by molar-refractivity contribution is 7.92. The molecule has 1 saturated carbocycles. The summed E-state index contributed by atoms with van der Waals surface area (Å²) >= 11 is 0. The Kier molecular flexibility index (Phi) is 12.5. The van der Waals surface area contributed by atoms with E-state index in [1.807, 2.05) is 6.07 Å². The fraction of sp³-hybridized carbons (Fsp3) is 0.571. The van der Waals surface area contributed by atoms with Crippen LogP contribution in [0, 0.1) is 5.82 Å². The summed E-state index contributed by atoms with van der Waals surface area (Å²) in [6.07, 6.45) is 3.29. The number of halogens is 1. The Labute approximate surface area is 279 Å². The summed E-state index contributed by atoms with van der Waals surface area (Å²) in [5.74, 6) is 0.0411. The first kappa shape index (κ1) is 37.2. The third-order valence-corrected chi connectivity index (χ3v) is 14.6. The molecule has 0 spiro atoms. The lowest BCUT2D eigenvalue weighted by molar-refractivity contribution is 0.00982. The van der Waals surface area contributed by atoms with Crippen molar-refractivity contribution in [3.63, 3.8) is 0 Å². The molecular formula is C35H50FNO8SSi. The van der Waals surface area contributed by atoms with Crippen molar-refractivity contribution in [1.82, 2.24) is 0 Å². The quantitative estimate of drug-likeness (QED) is 0.0722. The summed E-state index contributed by atoms with van der Waals surface area (Å²) in [5.41, 5.74) is 2.79. The molecule has 0 amide bonds. The molecule has 2 aromatic carbocycles. The van der Waals surface area contributed by atoms with Crippen LogP contribution in [0.3, 0.4) is 0 Å². The second-order valence-electron chi connectivity index (χ2n) is 13.6. The van der Waals surface area contributed by atoms with Crippen LogP contribution in [0.4, 0.5) is 10.1 Å². The number of rotatable bonds is 19. The zero-order chi connectivity index (χ0) is 34.4. The van der Waals surface area contributed by atoms with E-state index in [0.717, 1.165) is 18.4 Å². The lowest BCUT2D eigenvalue weighted by Gasteiger charge is -2.36. The van der Waals surface area contributed by atoms with Crippen LogP contribution in [0.5, 0.6) is 0 Å². The van der Waals surface area contributed by atoms with Crippen LogP contribution in [0.25, 0.3) is 22.3 Å². The molecule has 0 N–H and O–H groups in total. The van der Waals surface area contributed by atoms with E-state index in [1.165, 1.54) is 22.7 Å². The Bertz CT molecular complexity index is 1610. The van der Waals surface area contributed by atoms with E-state index in [-0.39, 0.29) is 36.3 Å². The maximum absolute atomic E-state index is 13.7. The number of nitrogens with zero attached hydrogens (tertiary/aromatic N) is 1. The standard InChI is InChI=1S/C35H50FNO8SSi/c1-8-31(38)33-29-23-28(25-9-10-25)30(24-32(29)45-34(33)26-11-13-27(36)14-12-26)37(46(5,39)40)15-16-41-17-18-42-19-20-43-21-22-44-47(6,7)35(2,3)4/h11-14,23-25H,8-10,15-22H2,1-7H3. The predicted octanol–water partition coefficient (Wildman–Crippen LogP) is 7.55. The van der Waals surface area contributed by atoms with Crippen LogP contribution in [-0.2, 0) is 28.7 Å². The molecule has 0 aliphatic heterocycles. The van der Waals surface area contributed by atoms with E-state index in [2.05, 4.69) is 33.9 Å². The fourth-order valence-corrected chi connectivity index (χ4v) is 7.02. The molecule has 0 saturated heterocycles. The van der Waals surface area contributed by atoms with Gasteiger partial charge in [-0.3, -0.25) is 9.10 Å². The van der Waals surface area contributed by atoms with Crippen LogP contribution in [0.1, 0.15) is 68.8 Å². The van der Waals surface area contributed by atoms with Gasteiger partial charge in [-0.25, -0.2) is 12.8 Å². The monoisotopic (exact) mass is 691 g/mol. The predicted molar refractivity (Wildman–Crippen MR) is 186 cm³/mol. The van der Waals surface area contributed by atoms with Gasteiger partial charge in [0.15, 0.2) is 14.1 Å². The molecule has 4 rings (SSSR count). The number of fused-ring (bicyclic) bond motifs is 1. The minimum Gasteiger partial charge on any atom is -0.455 e. The van der Waals surface area contributed by atoms with Gasteiger partial charge < -0.3 is 23.1 Å². The lowest BCUT2D eigenvalue weighted by Crippen LogP contribution is -2.41. The van der Waals surface area contributed by atoms with Crippen LogP contribution >= 0.6 is 0 Å². The van der Waals surface area contributed by atoms with Gasteiger partial charge in [0.1, 0.15) is 17.2 Å². The molecule has 9 nitrogen and oxygen atoms in total. The minimum atomic E-state index is -3.68. The molecule has 1 aliphatic rings. The number of hydrogen-bond donors (Lipinski definition) is 0. The highest BCUT2D eigenvalue weighted by atomic mass is 32.2. The maximum atomic E-state index is 13.7. The number of anilines is 1. The third-order valence-electron chi connectivity index (χ3n) is 8.91. The smallest absolute Gasteiger partial charge is 0.232 e. The first-order valence-corrected chi connectivity index (χ1v) is 21.1. The summed E-state index contributed by atoms with van der Waals surface area (Å²) < 4.78 is 70.5. The maximum Gasteiger partial charge on any atom is 0.232 e. The SMILES string of the molecule is CCC(=O)c1c(-c2ccc(F)cc2)oc2cc(N(CCOCCOCCOCCO[Si](C)(C)C(C)(C)C)S(C)(=O)=O)c(C3CC3)cc12. The van der Waals surface area contributed by atoms with Gasteiger partial charge in [-0.05, 0) is 72.8 Å². The van der Waals surface area contributed by atoms with Crippen molar-refractivity contribution in [3.05, 3.63) is 53.3 Å². The zero-order valence-electron chi connectivity index (χ0n) is 28.8. The van der Waals surface area contributed by atoms with Gasteiger partial charge in [0, 0.05) is 23.4 Å². The van der Waals surface area contributed by atoms with Gasteiger partial charge >= 0.3 is 0 Å². The molecule has 0 unspecified atom stereocenters. The number of sulfonamides is 1. The third kappa shape index (κ3) is 9.73. The van der Waals surface area contributed by atoms with Crippen LogP contribution in [0.2, 0.25) is 18.1 Å². The molecule has 1 fully saturated rings. The van der Waals surface area contributed by atoms with E-state index >= 15 is 0 Å². The highest BCUT2D eigenvalue weighted by Gasteiger charge is 2.37. The van der Waals surface area contributed by atoms with E-state index in [0.29, 0.717) is 73.2 Å². The van der Waals surface area contributed by atoms with Crippen molar-refractivity contribution in [3.8, 4) is 11.3 Å². The number of hydrogen-bond acceptors (Lipinski definition) is 8. The Balaban J connectivity index is 1.36. The molecule has 12 heteroatoms. The molecular weight excluding hydrogens is 642 g/mol. The summed E-state index contributed by atoms with van der Waals surface area (Å²) in [6, 6.07) is 9.40. The van der Waals surface area contributed by atoms with Gasteiger partial charge in [0.25, 0.3) is 0 Å². The number of benzene rings is 2. The van der Waals surface area contributed by atoms with Gasteiger partial charge in [0.05, 0.1) is 70.3 Å². The van der Waals surface area contributed by atoms with Gasteiger partial charge in [-0.15, -0.1) is 0 Å². The molecule has 3 aromatic rings. The number of ether oxygens (including phenoxy) is 3. The lowest BCUT2D eigenvalue weighted by atomic mass is 9.97. The van der Waals surface area contributed by atoms with Crippen molar-refractivity contribution in [2.75, 3.05) is 63.4 Å². The van der Waals surface area contributed by atoms with E-state index in [1.54, 1.807) is 25.1 Å². The first-order chi connectivity index (χ1) is 22.1. The summed E-state index contributed by atoms with van der Waals surface area (Å²) in [5, 5.41) is 0.799. The molecule has 1 aromatic heterocycles. The second-order valence-corrected chi connectivity index (χ2v) is 20.3. The Hall–Kier alpha value is -2.61. The Morgan fingerprint density at radius 1 is 0.957 bits per heavy atom. The summed E-state index contributed by atoms with van der Waals surface area (Å²) in [7, 11) is -5.46. The largest absolute Gasteiger partial charge is 0.455 e. The molecule has 1 heterocycles. The van der Waals surface area contributed by atoms with Gasteiger partial charge in [0.2, 0.25) is 10.0 Å². The molecule has 260 valence electrons. The normalized spacial score (nSPS) is 14.2. The van der Waals surface area contributed by atoms with Gasteiger partial charge in [-0.1, -0.05) is 27.7 Å².